The van der Waals surface area contributed by atoms with Crippen LogP contribution in [0.2, 0.25) is 0 Å². The summed E-state index contributed by atoms with van der Waals surface area (Å²) in [6, 6.07) is 4.83. The first-order valence-corrected chi connectivity index (χ1v) is 6.69. The highest BCUT2D eigenvalue weighted by Gasteiger charge is 2.14. The van der Waals surface area contributed by atoms with Gasteiger partial charge in [0.2, 0.25) is 5.89 Å². The molecule has 0 atom stereocenters. The molecular formula is C15H20FN3O. The molecule has 1 aromatic carbocycles. The van der Waals surface area contributed by atoms with E-state index in [-0.39, 0.29) is 17.2 Å². The minimum absolute atomic E-state index is 0.0471. The van der Waals surface area contributed by atoms with Crippen LogP contribution in [0, 0.1) is 12.7 Å². The quantitative estimate of drug-likeness (QED) is 0.933. The number of hydrogen-bond donors (Lipinski definition) is 1. The van der Waals surface area contributed by atoms with Crippen LogP contribution in [0.1, 0.15) is 32.2 Å². The van der Waals surface area contributed by atoms with Crippen LogP contribution in [-0.4, -0.2) is 22.3 Å². The van der Waals surface area contributed by atoms with Gasteiger partial charge in [-0.1, -0.05) is 11.6 Å². The Hall–Kier alpha value is -1.75. The van der Waals surface area contributed by atoms with Crippen molar-refractivity contribution < 1.29 is 8.81 Å². The van der Waals surface area contributed by atoms with Crippen molar-refractivity contribution in [3.8, 4) is 11.5 Å². The molecule has 0 aliphatic carbocycles. The fourth-order valence-electron chi connectivity index (χ4n) is 1.81. The minimum atomic E-state index is -0.349. The first-order valence-electron chi connectivity index (χ1n) is 6.69. The van der Waals surface area contributed by atoms with Crippen LogP contribution in [0.15, 0.2) is 22.6 Å². The molecule has 0 aliphatic rings. The zero-order valence-electron chi connectivity index (χ0n) is 12.3. The van der Waals surface area contributed by atoms with Crippen molar-refractivity contribution in [2.75, 3.05) is 6.54 Å². The SMILES string of the molecule is Cc1ccc(F)c(-c2nnc(CCNC(C)(C)C)o2)c1. The molecule has 0 saturated carbocycles. The van der Waals surface area contributed by atoms with Crippen molar-refractivity contribution in [2.45, 2.75) is 39.7 Å². The van der Waals surface area contributed by atoms with Crippen LogP contribution in [0.3, 0.4) is 0 Å². The number of hydrogen-bond acceptors (Lipinski definition) is 4. The summed E-state index contributed by atoms with van der Waals surface area (Å²) in [7, 11) is 0. The van der Waals surface area contributed by atoms with Crippen molar-refractivity contribution >= 4 is 0 Å². The van der Waals surface area contributed by atoms with Gasteiger partial charge in [0.25, 0.3) is 5.89 Å². The molecule has 0 unspecified atom stereocenters. The summed E-state index contributed by atoms with van der Waals surface area (Å²) in [5.41, 5.74) is 1.36. The second-order valence-electron chi connectivity index (χ2n) is 5.91. The Bertz CT molecular complexity index is 587. The Morgan fingerprint density at radius 2 is 2.00 bits per heavy atom. The summed E-state index contributed by atoms with van der Waals surface area (Å²) >= 11 is 0. The topological polar surface area (TPSA) is 51.0 Å². The number of benzene rings is 1. The third-order valence-electron chi connectivity index (χ3n) is 2.81. The number of rotatable bonds is 4. The molecule has 0 saturated heterocycles. The fraction of sp³-hybridized carbons (Fsp3) is 0.467. The van der Waals surface area contributed by atoms with E-state index in [2.05, 4.69) is 36.3 Å². The van der Waals surface area contributed by atoms with Gasteiger partial charge in [-0.05, 0) is 39.8 Å². The molecule has 0 amide bonds. The second kappa shape index (κ2) is 5.71. The smallest absolute Gasteiger partial charge is 0.250 e. The zero-order chi connectivity index (χ0) is 14.8. The lowest BCUT2D eigenvalue weighted by Crippen LogP contribution is -2.37. The van der Waals surface area contributed by atoms with E-state index in [1.54, 1.807) is 12.1 Å². The maximum absolute atomic E-state index is 13.7. The molecule has 0 radical (unpaired) electrons. The first kappa shape index (κ1) is 14.7. The Kier molecular flexibility index (Phi) is 4.18. The van der Waals surface area contributed by atoms with Gasteiger partial charge in [-0.15, -0.1) is 10.2 Å². The van der Waals surface area contributed by atoms with Crippen LogP contribution in [0.5, 0.6) is 0 Å². The Balaban J connectivity index is 2.07. The highest BCUT2D eigenvalue weighted by atomic mass is 19.1. The van der Waals surface area contributed by atoms with Crippen LogP contribution in [0.4, 0.5) is 4.39 Å². The minimum Gasteiger partial charge on any atom is -0.421 e. The molecule has 20 heavy (non-hydrogen) atoms. The van der Waals surface area contributed by atoms with Crippen molar-refractivity contribution in [1.82, 2.24) is 15.5 Å². The van der Waals surface area contributed by atoms with Gasteiger partial charge in [0.05, 0.1) is 5.56 Å². The molecule has 0 spiro atoms. The third kappa shape index (κ3) is 3.87. The van der Waals surface area contributed by atoms with Crippen molar-refractivity contribution in [3.05, 3.63) is 35.5 Å². The lowest BCUT2D eigenvalue weighted by Gasteiger charge is -2.19. The molecule has 1 aromatic heterocycles. The van der Waals surface area contributed by atoms with Crippen molar-refractivity contribution in [2.24, 2.45) is 0 Å². The van der Waals surface area contributed by atoms with E-state index in [4.69, 9.17) is 4.42 Å². The number of nitrogens with zero attached hydrogens (tertiary/aromatic N) is 2. The Morgan fingerprint density at radius 3 is 2.70 bits per heavy atom. The molecule has 0 aliphatic heterocycles. The van der Waals surface area contributed by atoms with Gasteiger partial charge >= 0.3 is 0 Å². The normalized spacial score (nSPS) is 11.8. The van der Waals surface area contributed by atoms with E-state index in [0.717, 1.165) is 12.1 Å². The van der Waals surface area contributed by atoms with E-state index >= 15 is 0 Å². The lowest BCUT2D eigenvalue weighted by atomic mass is 10.1. The highest BCUT2D eigenvalue weighted by molar-refractivity contribution is 5.54. The summed E-state index contributed by atoms with van der Waals surface area (Å²) in [6.07, 6.45) is 0.623. The predicted molar refractivity (Wildman–Crippen MR) is 75.9 cm³/mol. The van der Waals surface area contributed by atoms with Gasteiger partial charge in [0.15, 0.2) is 0 Å². The average Bonchev–Trinajstić information content (AvgIpc) is 2.79. The number of nitrogens with one attached hydrogen (secondary N) is 1. The monoisotopic (exact) mass is 277 g/mol. The standard InChI is InChI=1S/C15H20FN3O/c1-10-5-6-12(16)11(9-10)14-19-18-13(20-14)7-8-17-15(2,3)4/h5-6,9,17H,7-8H2,1-4H3. The maximum Gasteiger partial charge on any atom is 0.250 e. The van der Waals surface area contributed by atoms with Gasteiger partial charge in [0, 0.05) is 18.5 Å². The predicted octanol–water partition coefficient (Wildman–Crippen LogP) is 3.11. The summed E-state index contributed by atoms with van der Waals surface area (Å²) in [5, 5.41) is 11.2. The summed E-state index contributed by atoms with van der Waals surface area (Å²) in [4.78, 5) is 0. The fourth-order valence-corrected chi connectivity index (χ4v) is 1.81. The summed E-state index contributed by atoms with van der Waals surface area (Å²) < 4.78 is 19.3. The molecule has 5 heteroatoms. The number of aryl methyl sites for hydroxylation is 1. The second-order valence-corrected chi connectivity index (χ2v) is 5.91. The first-order chi connectivity index (χ1) is 9.35. The van der Waals surface area contributed by atoms with Gasteiger partial charge < -0.3 is 9.73 Å². The van der Waals surface area contributed by atoms with E-state index in [1.807, 2.05) is 6.92 Å². The molecule has 4 nitrogen and oxygen atoms in total. The van der Waals surface area contributed by atoms with Crippen LogP contribution >= 0.6 is 0 Å². The van der Waals surface area contributed by atoms with Crippen LogP contribution in [0.25, 0.3) is 11.5 Å². The van der Waals surface area contributed by atoms with Crippen LogP contribution < -0.4 is 5.32 Å². The lowest BCUT2D eigenvalue weighted by molar-refractivity contribution is 0.411. The Morgan fingerprint density at radius 1 is 1.25 bits per heavy atom. The molecule has 1 N–H and O–H groups in total. The molecule has 2 rings (SSSR count). The van der Waals surface area contributed by atoms with E-state index in [0.29, 0.717) is 17.9 Å². The van der Waals surface area contributed by atoms with E-state index in [9.17, 15) is 4.39 Å². The van der Waals surface area contributed by atoms with E-state index < -0.39 is 0 Å². The zero-order valence-corrected chi connectivity index (χ0v) is 12.3. The van der Waals surface area contributed by atoms with E-state index in [1.165, 1.54) is 6.07 Å². The number of aromatic nitrogens is 2. The summed E-state index contributed by atoms with van der Waals surface area (Å²) in [5.74, 6) is 0.397. The molecule has 108 valence electrons. The molecular weight excluding hydrogens is 257 g/mol. The molecule has 0 fully saturated rings. The van der Waals surface area contributed by atoms with Gasteiger partial charge in [-0.2, -0.15) is 0 Å². The maximum atomic E-state index is 13.7. The van der Waals surface area contributed by atoms with Gasteiger partial charge in [0.1, 0.15) is 5.82 Å². The molecule has 1 heterocycles. The highest BCUT2D eigenvalue weighted by Crippen LogP contribution is 2.22. The van der Waals surface area contributed by atoms with Crippen molar-refractivity contribution in [3.63, 3.8) is 0 Å². The molecule has 0 bridgehead atoms. The summed E-state index contributed by atoms with van der Waals surface area (Å²) in [6.45, 7) is 8.91. The van der Waals surface area contributed by atoms with Gasteiger partial charge in [-0.3, -0.25) is 0 Å². The van der Waals surface area contributed by atoms with Crippen LogP contribution in [-0.2, 0) is 6.42 Å². The number of halogens is 1. The largest absolute Gasteiger partial charge is 0.421 e. The van der Waals surface area contributed by atoms with Crippen molar-refractivity contribution in [1.29, 1.82) is 0 Å². The molecule has 2 aromatic rings. The Labute approximate surface area is 118 Å². The third-order valence-corrected chi connectivity index (χ3v) is 2.81. The average molecular weight is 277 g/mol. The van der Waals surface area contributed by atoms with Gasteiger partial charge in [-0.25, -0.2) is 4.39 Å².